The number of nitrogens with zero attached hydrogens (tertiary/aromatic N) is 1. The minimum atomic E-state index is -0.138. The maximum absolute atomic E-state index is 12.5. The van der Waals surface area contributed by atoms with Crippen LogP contribution in [0.15, 0.2) is 30.3 Å². The highest BCUT2D eigenvalue weighted by molar-refractivity contribution is 5.87. The molecule has 2 unspecified atom stereocenters. The lowest BCUT2D eigenvalue weighted by Crippen LogP contribution is -2.53. The van der Waals surface area contributed by atoms with E-state index in [0.717, 1.165) is 44.3 Å². The van der Waals surface area contributed by atoms with E-state index in [1.807, 2.05) is 35.2 Å². The van der Waals surface area contributed by atoms with Crippen LogP contribution in [0.5, 0.6) is 0 Å². The molecule has 1 N–H and O–H groups in total. The zero-order valence-electron chi connectivity index (χ0n) is 13.9. The fourth-order valence-electron chi connectivity index (χ4n) is 4.31. The molecule has 0 radical (unpaired) electrons. The highest BCUT2D eigenvalue weighted by Gasteiger charge is 2.47. The van der Waals surface area contributed by atoms with Gasteiger partial charge in [-0.1, -0.05) is 30.3 Å². The number of piperidine rings is 1. The van der Waals surface area contributed by atoms with Gasteiger partial charge in [-0.05, 0) is 31.2 Å². The predicted octanol–water partition coefficient (Wildman–Crippen LogP) is 1.69. The van der Waals surface area contributed by atoms with Crippen LogP contribution in [0.25, 0.3) is 0 Å². The summed E-state index contributed by atoms with van der Waals surface area (Å²) < 4.78 is 5.33. The third-order valence-corrected chi connectivity index (χ3v) is 5.81. The molecule has 0 aromatic heterocycles. The predicted molar refractivity (Wildman–Crippen MR) is 89.4 cm³/mol. The summed E-state index contributed by atoms with van der Waals surface area (Å²) >= 11 is 0. The molecule has 0 saturated carbocycles. The number of nitrogens with one attached hydrogen (secondary N) is 1. The van der Waals surface area contributed by atoms with Crippen molar-refractivity contribution in [3.05, 3.63) is 35.9 Å². The number of carbonyl (C=O) groups excluding carboxylic acids is 2. The Morgan fingerprint density at radius 2 is 1.96 bits per heavy atom. The van der Waals surface area contributed by atoms with Crippen molar-refractivity contribution in [2.45, 2.75) is 37.1 Å². The Bertz CT molecular complexity index is 617. The first kappa shape index (κ1) is 15.6. The van der Waals surface area contributed by atoms with Crippen LogP contribution in [0.3, 0.4) is 0 Å². The van der Waals surface area contributed by atoms with E-state index in [-0.39, 0.29) is 29.2 Å². The van der Waals surface area contributed by atoms with Gasteiger partial charge in [-0.25, -0.2) is 0 Å². The third kappa shape index (κ3) is 2.81. The Morgan fingerprint density at radius 1 is 1.21 bits per heavy atom. The molecular formula is C19H24N2O3. The normalized spacial score (nSPS) is 29.0. The van der Waals surface area contributed by atoms with Gasteiger partial charge >= 0.3 is 0 Å². The second-order valence-electron chi connectivity index (χ2n) is 7.32. The molecule has 1 aromatic carbocycles. The van der Waals surface area contributed by atoms with E-state index in [1.54, 1.807) is 0 Å². The van der Waals surface area contributed by atoms with Gasteiger partial charge in [0.1, 0.15) is 0 Å². The Labute approximate surface area is 142 Å². The lowest BCUT2D eigenvalue weighted by molar-refractivity contribution is -0.137. The van der Waals surface area contributed by atoms with E-state index in [9.17, 15) is 9.59 Å². The quantitative estimate of drug-likeness (QED) is 0.899. The summed E-state index contributed by atoms with van der Waals surface area (Å²) in [4.78, 5) is 26.9. The van der Waals surface area contributed by atoms with Gasteiger partial charge in [0.2, 0.25) is 11.8 Å². The lowest BCUT2D eigenvalue weighted by atomic mass is 9.81. The first-order valence-corrected chi connectivity index (χ1v) is 8.90. The Hall–Kier alpha value is -1.88. The smallest absolute Gasteiger partial charge is 0.228 e. The highest BCUT2D eigenvalue weighted by atomic mass is 16.5. The number of hydrogen-bond acceptors (Lipinski definition) is 3. The van der Waals surface area contributed by atoms with Crippen LogP contribution >= 0.6 is 0 Å². The third-order valence-electron chi connectivity index (χ3n) is 5.81. The SMILES string of the molecule is O=C1NC2(CCN(C(=O)C3CCOC3)CC2)CC1c1ccccc1. The number of hydrogen-bond donors (Lipinski definition) is 1. The van der Waals surface area contributed by atoms with E-state index in [2.05, 4.69) is 5.32 Å². The molecule has 3 aliphatic heterocycles. The van der Waals surface area contributed by atoms with Crippen molar-refractivity contribution < 1.29 is 14.3 Å². The van der Waals surface area contributed by atoms with Gasteiger partial charge in [0.25, 0.3) is 0 Å². The fourth-order valence-corrected chi connectivity index (χ4v) is 4.31. The van der Waals surface area contributed by atoms with Crippen molar-refractivity contribution in [3.8, 4) is 0 Å². The van der Waals surface area contributed by atoms with Gasteiger partial charge in [-0.15, -0.1) is 0 Å². The summed E-state index contributed by atoms with van der Waals surface area (Å²) in [6, 6.07) is 10.0. The monoisotopic (exact) mass is 328 g/mol. The van der Waals surface area contributed by atoms with E-state index in [0.29, 0.717) is 13.2 Å². The molecule has 0 bridgehead atoms. The molecule has 24 heavy (non-hydrogen) atoms. The van der Waals surface area contributed by atoms with Crippen LogP contribution in [0, 0.1) is 5.92 Å². The largest absolute Gasteiger partial charge is 0.381 e. The van der Waals surface area contributed by atoms with Crippen LogP contribution < -0.4 is 5.32 Å². The molecule has 2 amide bonds. The van der Waals surface area contributed by atoms with Crippen LogP contribution in [-0.2, 0) is 14.3 Å². The molecule has 3 heterocycles. The number of benzene rings is 1. The molecule has 1 spiro atoms. The summed E-state index contributed by atoms with van der Waals surface area (Å²) in [5, 5.41) is 3.25. The molecule has 5 nitrogen and oxygen atoms in total. The molecular weight excluding hydrogens is 304 g/mol. The summed E-state index contributed by atoms with van der Waals surface area (Å²) in [5.74, 6) is 0.336. The summed E-state index contributed by atoms with van der Waals surface area (Å²) in [7, 11) is 0. The first-order valence-electron chi connectivity index (χ1n) is 8.90. The van der Waals surface area contributed by atoms with E-state index < -0.39 is 0 Å². The molecule has 0 aliphatic carbocycles. The van der Waals surface area contributed by atoms with Crippen molar-refractivity contribution in [2.75, 3.05) is 26.3 Å². The van der Waals surface area contributed by atoms with Gasteiger partial charge in [0.15, 0.2) is 0 Å². The van der Waals surface area contributed by atoms with E-state index >= 15 is 0 Å². The van der Waals surface area contributed by atoms with Crippen LogP contribution in [0.1, 0.15) is 37.2 Å². The summed E-state index contributed by atoms with van der Waals surface area (Å²) in [6.07, 6.45) is 3.38. The van der Waals surface area contributed by atoms with Crippen LogP contribution in [0.4, 0.5) is 0 Å². The van der Waals surface area contributed by atoms with Crippen LogP contribution in [-0.4, -0.2) is 48.6 Å². The molecule has 3 aliphatic rings. The number of carbonyl (C=O) groups is 2. The van der Waals surface area contributed by atoms with Gasteiger partial charge < -0.3 is 15.0 Å². The fraction of sp³-hybridized carbons (Fsp3) is 0.579. The Kier molecular flexibility index (Phi) is 4.04. The van der Waals surface area contributed by atoms with Gasteiger partial charge in [-0.3, -0.25) is 9.59 Å². The number of rotatable bonds is 2. The molecule has 4 rings (SSSR count). The van der Waals surface area contributed by atoms with Crippen molar-refractivity contribution >= 4 is 11.8 Å². The van der Waals surface area contributed by atoms with Crippen LogP contribution in [0.2, 0.25) is 0 Å². The standard InChI is InChI=1S/C19H24N2O3/c22-17-16(14-4-2-1-3-5-14)12-19(20-17)7-9-21(10-8-19)18(23)15-6-11-24-13-15/h1-5,15-16H,6-13H2,(H,20,22). The average molecular weight is 328 g/mol. The van der Waals surface area contributed by atoms with Gasteiger partial charge in [0.05, 0.1) is 18.4 Å². The minimum absolute atomic E-state index is 0.0364. The molecule has 3 saturated heterocycles. The average Bonchev–Trinajstić information content (AvgIpc) is 3.25. The van der Waals surface area contributed by atoms with Crippen molar-refractivity contribution in [1.82, 2.24) is 10.2 Å². The minimum Gasteiger partial charge on any atom is -0.381 e. The van der Waals surface area contributed by atoms with Crippen molar-refractivity contribution in [2.24, 2.45) is 5.92 Å². The lowest BCUT2D eigenvalue weighted by Gasteiger charge is -2.40. The summed E-state index contributed by atoms with van der Waals surface area (Å²) in [5.41, 5.74) is 0.953. The zero-order valence-corrected chi connectivity index (χ0v) is 13.9. The Morgan fingerprint density at radius 3 is 2.62 bits per heavy atom. The summed E-state index contributed by atoms with van der Waals surface area (Å²) in [6.45, 7) is 2.73. The van der Waals surface area contributed by atoms with Gasteiger partial charge in [-0.2, -0.15) is 0 Å². The second kappa shape index (κ2) is 6.20. The second-order valence-corrected chi connectivity index (χ2v) is 7.32. The number of amides is 2. The maximum atomic E-state index is 12.5. The molecule has 1 aromatic rings. The van der Waals surface area contributed by atoms with Gasteiger partial charge in [0, 0.05) is 25.2 Å². The number of ether oxygens (including phenoxy) is 1. The molecule has 3 fully saturated rings. The van der Waals surface area contributed by atoms with E-state index in [1.165, 1.54) is 0 Å². The first-order chi connectivity index (χ1) is 11.7. The zero-order chi connectivity index (χ0) is 16.6. The Balaban J connectivity index is 1.40. The molecule has 128 valence electrons. The highest BCUT2D eigenvalue weighted by Crippen LogP contribution is 2.39. The number of likely N-dealkylation sites (tertiary alicyclic amines) is 1. The van der Waals surface area contributed by atoms with Crippen molar-refractivity contribution in [3.63, 3.8) is 0 Å². The maximum Gasteiger partial charge on any atom is 0.228 e. The van der Waals surface area contributed by atoms with E-state index in [4.69, 9.17) is 4.74 Å². The molecule has 2 atom stereocenters. The topological polar surface area (TPSA) is 58.6 Å². The van der Waals surface area contributed by atoms with Crippen molar-refractivity contribution in [1.29, 1.82) is 0 Å². The molecule has 5 heteroatoms.